The van der Waals surface area contributed by atoms with Crippen molar-refractivity contribution in [3.63, 3.8) is 0 Å². The van der Waals surface area contributed by atoms with Crippen LogP contribution in [0.2, 0.25) is 0 Å². The molecule has 1 aromatic carbocycles. The van der Waals surface area contributed by atoms with E-state index < -0.39 is 11.6 Å². The normalized spacial score (nSPS) is 19.0. The molecule has 1 aliphatic rings. The van der Waals surface area contributed by atoms with Crippen LogP contribution in [0.4, 0.5) is 14.6 Å². The molecule has 0 bridgehead atoms. The molecule has 3 rings (SSSR count). The van der Waals surface area contributed by atoms with Crippen molar-refractivity contribution in [3.05, 3.63) is 42.1 Å². The van der Waals surface area contributed by atoms with Crippen LogP contribution in [0, 0.1) is 17.6 Å². The van der Waals surface area contributed by atoms with Crippen LogP contribution < -0.4 is 15.4 Å². The predicted molar refractivity (Wildman–Crippen MR) is 106 cm³/mol. The molecule has 3 N–H and O–H groups in total. The maximum atomic E-state index is 14.4. The Morgan fingerprint density at radius 1 is 1.28 bits per heavy atom. The average Bonchev–Trinajstić information content (AvgIpc) is 2.73. The highest BCUT2D eigenvalue weighted by molar-refractivity contribution is 5.92. The molecule has 0 saturated heterocycles. The lowest BCUT2D eigenvalue weighted by Crippen LogP contribution is -2.39. The van der Waals surface area contributed by atoms with E-state index in [4.69, 9.17) is 9.84 Å². The number of halogens is 2. The largest absolute Gasteiger partial charge is 0.496 e. The van der Waals surface area contributed by atoms with Crippen molar-refractivity contribution in [1.82, 2.24) is 10.3 Å². The second-order valence-electron chi connectivity index (χ2n) is 7.12. The van der Waals surface area contributed by atoms with Crippen LogP contribution in [0.5, 0.6) is 5.75 Å². The van der Waals surface area contributed by atoms with Gasteiger partial charge in [0.1, 0.15) is 23.2 Å². The molecule has 156 valence electrons. The minimum atomic E-state index is -0.598. The number of carbonyl (C=O) groups is 1. The van der Waals surface area contributed by atoms with E-state index in [0.29, 0.717) is 18.5 Å². The van der Waals surface area contributed by atoms with E-state index in [1.54, 1.807) is 0 Å². The van der Waals surface area contributed by atoms with E-state index in [2.05, 4.69) is 15.6 Å². The molecule has 0 unspecified atom stereocenters. The Bertz CT molecular complexity index is 863. The topological polar surface area (TPSA) is 83.5 Å². The van der Waals surface area contributed by atoms with Crippen LogP contribution in [-0.4, -0.2) is 42.3 Å². The molecule has 2 atom stereocenters. The van der Waals surface area contributed by atoms with Gasteiger partial charge in [-0.3, -0.25) is 4.79 Å². The monoisotopic (exact) mass is 405 g/mol. The predicted octanol–water partition coefficient (Wildman–Crippen LogP) is 3.11. The van der Waals surface area contributed by atoms with Gasteiger partial charge in [0, 0.05) is 35.7 Å². The number of aromatic nitrogens is 1. The van der Waals surface area contributed by atoms with Gasteiger partial charge in [-0.05, 0) is 37.5 Å². The Kier molecular flexibility index (Phi) is 7.11. The van der Waals surface area contributed by atoms with Crippen LogP contribution in [0.3, 0.4) is 0 Å². The molecule has 0 aliphatic heterocycles. The molecule has 1 aromatic heterocycles. The SMILES string of the molecule is COc1cc(F)ccc1-c1cc(NC(=O)[C@H]2CCC[C@@H](NCCO)C2)ncc1F. The van der Waals surface area contributed by atoms with Crippen LogP contribution in [-0.2, 0) is 4.79 Å². The molecule has 6 nitrogen and oxygen atoms in total. The lowest BCUT2D eigenvalue weighted by atomic mass is 9.85. The van der Waals surface area contributed by atoms with Crippen LogP contribution in [0.25, 0.3) is 11.1 Å². The number of methoxy groups -OCH3 is 1. The van der Waals surface area contributed by atoms with E-state index in [1.807, 2.05) is 0 Å². The Morgan fingerprint density at radius 2 is 2.10 bits per heavy atom. The van der Waals surface area contributed by atoms with Crippen LogP contribution >= 0.6 is 0 Å². The summed E-state index contributed by atoms with van der Waals surface area (Å²) in [6.45, 7) is 0.559. The summed E-state index contributed by atoms with van der Waals surface area (Å²) in [5, 5.41) is 15.0. The van der Waals surface area contributed by atoms with Gasteiger partial charge >= 0.3 is 0 Å². The maximum absolute atomic E-state index is 14.4. The van der Waals surface area contributed by atoms with Gasteiger partial charge in [-0.2, -0.15) is 0 Å². The zero-order valence-corrected chi connectivity index (χ0v) is 16.3. The summed E-state index contributed by atoms with van der Waals surface area (Å²) in [5.41, 5.74) is 0.536. The summed E-state index contributed by atoms with van der Waals surface area (Å²) in [6.07, 6.45) is 4.35. The Balaban J connectivity index is 1.75. The summed E-state index contributed by atoms with van der Waals surface area (Å²) in [4.78, 5) is 16.7. The summed E-state index contributed by atoms with van der Waals surface area (Å²) in [6, 6.07) is 5.43. The van der Waals surface area contributed by atoms with Gasteiger partial charge in [0.15, 0.2) is 0 Å². The quantitative estimate of drug-likeness (QED) is 0.659. The maximum Gasteiger partial charge on any atom is 0.228 e. The molecule has 0 radical (unpaired) electrons. The summed E-state index contributed by atoms with van der Waals surface area (Å²) < 4.78 is 33.0. The van der Waals surface area contributed by atoms with Crippen molar-refractivity contribution in [2.45, 2.75) is 31.7 Å². The fourth-order valence-electron chi connectivity index (χ4n) is 3.71. The fourth-order valence-corrected chi connectivity index (χ4v) is 3.71. The van der Waals surface area contributed by atoms with Crippen molar-refractivity contribution in [3.8, 4) is 16.9 Å². The van der Waals surface area contributed by atoms with E-state index >= 15 is 0 Å². The first-order valence-corrected chi connectivity index (χ1v) is 9.66. The molecule has 8 heteroatoms. The molecule has 0 spiro atoms. The number of aliphatic hydroxyl groups is 1. The third kappa shape index (κ3) is 5.27. The van der Waals surface area contributed by atoms with Gasteiger partial charge in [-0.25, -0.2) is 13.8 Å². The smallest absolute Gasteiger partial charge is 0.228 e. The molecule has 1 amide bonds. The third-order valence-corrected chi connectivity index (χ3v) is 5.15. The molecule has 1 heterocycles. The highest BCUT2D eigenvalue weighted by atomic mass is 19.1. The summed E-state index contributed by atoms with van der Waals surface area (Å²) in [7, 11) is 1.38. The van der Waals surface area contributed by atoms with Gasteiger partial charge in [-0.1, -0.05) is 6.42 Å². The number of nitrogens with zero attached hydrogens (tertiary/aromatic N) is 1. The number of ether oxygens (including phenoxy) is 1. The third-order valence-electron chi connectivity index (χ3n) is 5.15. The molecule has 1 aliphatic carbocycles. The summed E-state index contributed by atoms with van der Waals surface area (Å²) in [5.74, 6) is -1.03. The second-order valence-corrected chi connectivity index (χ2v) is 7.12. The van der Waals surface area contributed by atoms with E-state index in [9.17, 15) is 13.6 Å². The highest BCUT2D eigenvalue weighted by Gasteiger charge is 2.27. The van der Waals surface area contributed by atoms with Gasteiger partial charge < -0.3 is 20.5 Å². The Labute approximate surface area is 168 Å². The van der Waals surface area contributed by atoms with Crippen molar-refractivity contribution < 1.29 is 23.4 Å². The minimum absolute atomic E-state index is 0.0580. The average molecular weight is 405 g/mol. The fraction of sp³-hybridized carbons (Fsp3) is 0.429. The van der Waals surface area contributed by atoms with Gasteiger partial charge in [0.25, 0.3) is 0 Å². The van der Waals surface area contributed by atoms with Gasteiger partial charge in [-0.15, -0.1) is 0 Å². The number of aliphatic hydroxyl groups excluding tert-OH is 1. The van der Waals surface area contributed by atoms with Gasteiger partial charge in [0.2, 0.25) is 5.91 Å². The standard InChI is InChI=1S/C21H25F2N3O3/c1-29-19-10-14(22)5-6-16(19)17-11-20(25-12-18(17)23)26-21(28)13-3-2-4-15(9-13)24-7-8-27/h5-6,10-13,15,24,27H,2-4,7-9H2,1H3,(H,25,26,28)/t13-,15+/m0/s1. The van der Waals surface area contributed by atoms with Crippen molar-refractivity contribution in [1.29, 1.82) is 0 Å². The first kappa shape index (κ1) is 21.1. The number of anilines is 1. The molecule has 1 saturated carbocycles. The lowest BCUT2D eigenvalue weighted by molar-refractivity contribution is -0.121. The first-order valence-electron chi connectivity index (χ1n) is 9.66. The number of pyridine rings is 1. The number of benzene rings is 1. The molecular weight excluding hydrogens is 380 g/mol. The first-order chi connectivity index (χ1) is 14.0. The van der Waals surface area contributed by atoms with Gasteiger partial charge in [0.05, 0.1) is 19.9 Å². The minimum Gasteiger partial charge on any atom is -0.496 e. The zero-order chi connectivity index (χ0) is 20.8. The zero-order valence-electron chi connectivity index (χ0n) is 16.3. The van der Waals surface area contributed by atoms with Crippen LogP contribution in [0.1, 0.15) is 25.7 Å². The number of nitrogens with one attached hydrogen (secondary N) is 2. The van der Waals surface area contributed by atoms with Crippen molar-refractivity contribution in [2.75, 3.05) is 25.6 Å². The van der Waals surface area contributed by atoms with Crippen LogP contribution in [0.15, 0.2) is 30.5 Å². The van der Waals surface area contributed by atoms with Crippen molar-refractivity contribution >= 4 is 11.7 Å². The van der Waals surface area contributed by atoms with E-state index in [1.165, 1.54) is 31.4 Å². The molecule has 2 aromatic rings. The lowest BCUT2D eigenvalue weighted by Gasteiger charge is -2.29. The number of rotatable bonds is 7. The Hall–Kier alpha value is -2.58. The molecule has 29 heavy (non-hydrogen) atoms. The van der Waals surface area contributed by atoms with E-state index in [0.717, 1.165) is 25.5 Å². The second kappa shape index (κ2) is 9.76. The number of amides is 1. The summed E-state index contributed by atoms with van der Waals surface area (Å²) >= 11 is 0. The highest BCUT2D eigenvalue weighted by Crippen LogP contribution is 2.33. The molecule has 1 fully saturated rings. The van der Waals surface area contributed by atoms with E-state index in [-0.39, 0.29) is 41.6 Å². The Morgan fingerprint density at radius 3 is 2.86 bits per heavy atom. The van der Waals surface area contributed by atoms with Crippen molar-refractivity contribution in [2.24, 2.45) is 5.92 Å². The number of hydrogen-bond acceptors (Lipinski definition) is 5. The molecular formula is C21H25F2N3O3. The number of carbonyl (C=O) groups excluding carboxylic acids is 1. The number of hydrogen-bond donors (Lipinski definition) is 3.